The Bertz CT molecular complexity index is 481. The molecule has 0 amide bonds. The topological polar surface area (TPSA) is 71.2 Å². The van der Waals surface area contributed by atoms with E-state index in [2.05, 4.69) is 10.2 Å². The summed E-state index contributed by atoms with van der Waals surface area (Å²) in [7, 11) is 1.91. The largest absolute Gasteiger partial charge is 0.480 e. The van der Waals surface area contributed by atoms with Crippen molar-refractivity contribution in [3.8, 4) is 0 Å². The number of rotatable bonds is 3. The lowest BCUT2D eigenvalue weighted by Crippen LogP contribution is -2.53. The lowest BCUT2D eigenvalue weighted by Gasteiger charge is -2.43. The zero-order valence-corrected chi connectivity index (χ0v) is 12.1. The van der Waals surface area contributed by atoms with Crippen molar-refractivity contribution in [3.63, 3.8) is 0 Å². The molecule has 1 aromatic heterocycles. The maximum atomic E-state index is 11.6. The minimum Gasteiger partial charge on any atom is -0.480 e. The van der Waals surface area contributed by atoms with Gasteiger partial charge in [0.05, 0.1) is 6.54 Å². The lowest BCUT2D eigenvalue weighted by atomic mass is 9.76. The Labute approximate surface area is 113 Å². The standard InChI is InChI=1S/C13H22N4O2/c1-9-14-15-10(16(9)4)8-17-7-5-6-13(2,3)11(17)12(18)19/h11H,5-8H2,1-4H3,(H,18,19). The monoisotopic (exact) mass is 266 g/mol. The molecule has 0 aliphatic carbocycles. The number of aromatic nitrogens is 3. The van der Waals surface area contributed by atoms with E-state index in [9.17, 15) is 9.90 Å². The molecule has 0 spiro atoms. The van der Waals surface area contributed by atoms with Crippen molar-refractivity contribution >= 4 is 5.97 Å². The number of aliphatic carboxylic acids is 1. The van der Waals surface area contributed by atoms with Gasteiger partial charge in [-0.1, -0.05) is 13.8 Å². The Hall–Kier alpha value is -1.43. The van der Waals surface area contributed by atoms with Crippen molar-refractivity contribution in [1.29, 1.82) is 0 Å². The summed E-state index contributed by atoms with van der Waals surface area (Å²) in [5.74, 6) is 0.920. The van der Waals surface area contributed by atoms with Gasteiger partial charge in [0.2, 0.25) is 0 Å². The van der Waals surface area contributed by atoms with Crippen LogP contribution in [0.1, 0.15) is 38.3 Å². The molecule has 1 N–H and O–H groups in total. The second-order valence-corrected chi connectivity index (χ2v) is 6.03. The van der Waals surface area contributed by atoms with Gasteiger partial charge in [-0.2, -0.15) is 0 Å². The van der Waals surface area contributed by atoms with Crippen molar-refractivity contribution in [2.24, 2.45) is 12.5 Å². The van der Waals surface area contributed by atoms with Crippen LogP contribution in [0.2, 0.25) is 0 Å². The highest BCUT2D eigenvalue weighted by Crippen LogP contribution is 2.35. The van der Waals surface area contributed by atoms with E-state index in [0.717, 1.165) is 31.0 Å². The Morgan fingerprint density at radius 2 is 2.16 bits per heavy atom. The van der Waals surface area contributed by atoms with Crippen LogP contribution in [0.4, 0.5) is 0 Å². The molecule has 6 heteroatoms. The first kappa shape index (κ1) is 14.0. The van der Waals surface area contributed by atoms with Crippen LogP contribution < -0.4 is 0 Å². The quantitative estimate of drug-likeness (QED) is 0.890. The van der Waals surface area contributed by atoms with E-state index in [-0.39, 0.29) is 5.41 Å². The first-order valence-corrected chi connectivity index (χ1v) is 6.64. The van der Waals surface area contributed by atoms with E-state index < -0.39 is 12.0 Å². The molecule has 2 rings (SSSR count). The first-order chi connectivity index (χ1) is 8.83. The molecule has 0 aromatic carbocycles. The van der Waals surface area contributed by atoms with E-state index >= 15 is 0 Å². The van der Waals surface area contributed by atoms with Gasteiger partial charge in [0.1, 0.15) is 17.7 Å². The number of carboxylic acids is 1. The Morgan fingerprint density at radius 1 is 1.47 bits per heavy atom. The number of aryl methyl sites for hydroxylation is 1. The SMILES string of the molecule is Cc1nnc(CN2CCCC(C)(C)C2C(=O)O)n1C. The molecule has 6 nitrogen and oxygen atoms in total. The molecule has 0 radical (unpaired) electrons. The number of carbonyl (C=O) groups is 1. The summed E-state index contributed by atoms with van der Waals surface area (Å²) in [5.41, 5.74) is -0.211. The number of nitrogens with zero attached hydrogens (tertiary/aromatic N) is 4. The van der Waals surface area contributed by atoms with Gasteiger partial charge in [-0.25, -0.2) is 0 Å². The predicted octanol–water partition coefficient (Wildman–Crippen LogP) is 1.20. The van der Waals surface area contributed by atoms with Gasteiger partial charge < -0.3 is 9.67 Å². The van der Waals surface area contributed by atoms with E-state index in [0.29, 0.717) is 6.54 Å². The third-order valence-corrected chi connectivity index (χ3v) is 4.13. The minimum absolute atomic E-state index is 0.211. The smallest absolute Gasteiger partial charge is 0.321 e. The summed E-state index contributed by atoms with van der Waals surface area (Å²) < 4.78 is 1.92. The predicted molar refractivity (Wildman–Crippen MR) is 70.6 cm³/mol. The highest BCUT2D eigenvalue weighted by atomic mass is 16.4. The lowest BCUT2D eigenvalue weighted by molar-refractivity contribution is -0.151. The third kappa shape index (κ3) is 2.63. The molecule has 1 unspecified atom stereocenters. The van der Waals surface area contributed by atoms with E-state index in [1.54, 1.807) is 0 Å². The van der Waals surface area contributed by atoms with Gasteiger partial charge in [-0.3, -0.25) is 9.69 Å². The number of hydrogen-bond acceptors (Lipinski definition) is 4. The first-order valence-electron chi connectivity index (χ1n) is 6.64. The van der Waals surface area contributed by atoms with Gasteiger partial charge in [-0.15, -0.1) is 10.2 Å². The van der Waals surface area contributed by atoms with Gasteiger partial charge in [0.25, 0.3) is 0 Å². The second-order valence-electron chi connectivity index (χ2n) is 6.03. The summed E-state index contributed by atoms with van der Waals surface area (Å²) in [6.45, 7) is 7.29. The molecule has 0 saturated carbocycles. The summed E-state index contributed by atoms with van der Waals surface area (Å²) >= 11 is 0. The van der Waals surface area contributed by atoms with Crippen molar-refractivity contribution in [1.82, 2.24) is 19.7 Å². The van der Waals surface area contributed by atoms with Crippen LogP contribution in [0.15, 0.2) is 0 Å². The van der Waals surface area contributed by atoms with E-state index in [1.807, 2.05) is 37.3 Å². The molecule has 1 atom stereocenters. The number of hydrogen-bond donors (Lipinski definition) is 1. The van der Waals surface area contributed by atoms with Crippen LogP contribution in [0.25, 0.3) is 0 Å². The zero-order valence-electron chi connectivity index (χ0n) is 12.1. The van der Waals surface area contributed by atoms with Gasteiger partial charge in [0, 0.05) is 7.05 Å². The molecule has 1 aromatic rings. The minimum atomic E-state index is -0.747. The molecule has 1 saturated heterocycles. The third-order valence-electron chi connectivity index (χ3n) is 4.13. The fourth-order valence-electron chi connectivity index (χ4n) is 2.93. The highest BCUT2D eigenvalue weighted by molar-refractivity contribution is 5.74. The van der Waals surface area contributed by atoms with Crippen molar-refractivity contribution < 1.29 is 9.90 Å². The maximum absolute atomic E-state index is 11.6. The van der Waals surface area contributed by atoms with Crippen LogP contribution in [0, 0.1) is 12.3 Å². The van der Waals surface area contributed by atoms with Gasteiger partial charge in [-0.05, 0) is 31.7 Å². The average molecular weight is 266 g/mol. The number of carboxylic acid groups (broad SMARTS) is 1. The summed E-state index contributed by atoms with van der Waals surface area (Å²) in [6.07, 6.45) is 1.96. The molecule has 1 aliphatic heterocycles. The second kappa shape index (κ2) is 4.92. The fourth-order valence-corrected chi connectivity index (χ4v) is 2.93. The van der Waals surface area contributed by atoms with Crippen LogP contribution in [-0.4, -0.2) is 43.3 Å². The molecule has 2 heterocycles. The molecule has 1 aliphatic rings. The summed E-state index contributed by atoms with van der Waals surface area (Å²) in [5, 5.41) is 17.7. The fraction of sp³-hybridized carbons (Fsp3) is 0.769. The van der Waals surface area contributed by atoms with Crippen molar-refractivity contribution in [2.45, 2.75) is 46.2 Å². The molecule has 106 valence electrons. The molecule has 0 bridgehead atoms. The molecule has 1 fully saturated rings. The maximum Gasteiger partial charge on any atom is 0.321 e. The zero-order chi connectivity index (χ0) is 14.2. The van der Waals surface area contributed by atoms with Crippen LogP contribution in [-0.2, 0) is 18.4 Å². The Balaban J connectivity index is 2.22. The van der Waals surface area contributed by atoms with Crippen LogP contribution >= 0.6 is 0 Å². The molecular weight excluding hydrogens is 244 g/mol. The summed E-state index contributed by atoms with van der Waals surface area (Å²) in [6, 6.07) is -0.460. The van der Waals surface area contributed by atoms with E-state index in [4.69, 9.17) is 0 Å². The van der Waals surface area contributed by atoms with Crippen molar-refractivity contribution in [2.75, 3.05) is 6.54 Å². The number of piperidine rings is 1. The Kier molecular flexibility index (Phi) is 3.62. The summed E-state index contributed by atoms with van der Waals surface area (Å²) in [4.78, 5) is 13.6. The van der Waals surface area contributed by atoms with Crippen LogP contribution in [0.3, 0.4) is 0 Å². The normalized spacial score (nSPS) is 23.5. The molecule has 19 heavy (non-hydrogen) atoms. The van der Waals surface area contributed by atoms with Gasteiger partial charge >= 0.3 is 5.97 Å². The van der Waals surface area contributed by atoms with Crippen molar-refractivity contribution in [3.05, 3.63) is 11.6 Å². The van der Waals surface area contributed by atoms with E-state index in [1.165, 1.54) is 0 Å². The highest BCUT2D eigenvalue weighted by Gasteiger charge is 2.42. The van der Waals surface area contributed by atoms with Gasteiger partial charge in [0.15, 0.2) is 0 Å². The molecular formula is C13H22N4O2. The Morgan fingerprint density at radius 3 is 2.68 bits per heavy atom. The number of likely N-dealkylation sites (tertiary alicyclic amines) is 1. The van der Waals surface area contributed by atoms with Crippen LogP contribution in [0.5, 0.6) is 0 Å². The average Bonchev–Trinajstić information content (AvgIpc) is 2.59.